The number of carboxylic acid groups (broad SMARTS) is 1. The molecular weight excluding hydrogens is 324 g/mol. The predicted octanol–water partition coefficient (Wildman–Crippen LogP) is 3.62. The Morgan fingerprint density at radius 1 is 1.00 bits per heavy atom. The molecule has 1 fully saturated rings. The van der Waals surface area contributed by atoms with Crippen molar-refractivity contribution >= 4 is 29.3 Å². The van der Waals surface area contributed by atoms with E-state index >= 15 is 0 Å². The second kappa shape index (κ2) is 8.50. The molecule has 25 heavy (non-hydrogen) atoms. The average Bonchev–Trinajstić information content (AvgIpc) is 2.83. The van der Waals surface area contributed by atoms with Gasteiger partial charge >= 0.3 is 12.1 Å². The van der Waals surface area contributed by atoms with Crippen molar-refractivity contribution in [2.24, 2.45) is 5.41 Å². The third-order valence-corrected chi connectivity index (χ3v) is 4.61. The Morgan fingerprint density at radius 2 is 1.52 bits per heavy atom. The van der Waals surface area contributed by atoms with Crippen LogP contribution in [-0.2, 0) is 14.3 Å². The highest BCUT2D eigenvalue weighted by molar-refractivity contribution is 5.94. The zero-order valence-corrected chi connectivity index (χ0v) is 14.3. The van der Waals surface area contributed by atoms with E-state index in [4.69, 9.17) is 0 Å². The summed E-state index contributed by atoms with van der Waals surface area (Å²) in [6, 6.07) is 6.55. The molecule has 0 unspecified atom stereocenters. The van der Waals surface area contributed by atoms with Crippen molar-refractivity contribution < 1.29 is 24.2 Å². The molecule has 1 aliphatic rings. The molecule has 2 rings (SSSR count). The van der Waals surface area contributed by atoms with Gasteiger partial charge in [-0.3, -0.25) is 14.9 Å². The van der Waals surface area contributed by atoms with E-state index in [1.165, 1.54) is 7.11 Å². The number of hydrogen-bond donors (Lipinski definition) is 3. The van der Waals surface area contributed by atoms with Crippen LogP contribution in [0.4, 0.5) is 16.2 Å². The highest BCUT2D eigenvalue weighted by atomic mass is 16.5. The molecule has 7 heteroatoms. The number of rotatable bonds is 5. The molecule has 0 spiro atoms. The normalized spacial score (nSPS) is 16.4. The minimum atomic E-state index is -0.965. The van der Waals surface area contributed by atoms with Gasteiger partial charge in [-0.15, -0.1) is 0 Å². The number of carbonyl (C=O) groups is 3. The standard InChI is InChI=1S/C18H24N2O5/c1-25-17(24)20-14-8-6-13(7-9-14)19-15(21)12-18(16(22)23)10-4-2-3-5-11-18/h6-9H,2-5,10-12H2,1H3,(H,19,21)(H,20,24)(H,22,23). The fourth-order valence-corrected chi connectivity index (χ4v) is 3.19. The Balaban J connectivity index is 1.98. The van der Waals surface area contributed by atoms with E-state index in [-0.39, 0.29) is 12.3 Å². The maximum Gasteiger partial charge on any atom is 0.411 e. The lowest BCUT2D eigenvalue weighted by Crippen LogP contribution is -2.35. The molecular formula is C18H24N2O5. The van der Waals surface area contributed by atoms with E-state index in [0.717, 1.165) is 25.7 Å². The second-order valence-corrected chi connectivity index (χ2v) is 6.42. The lowest BCUT2D eigenvalue weighted by molar-refractivity contribution is -0.152. The fourth-order valence-electron chi connectivity index (χ4n) is 3.19. The van der Waals surface area contributed by atoms with Crippen molar-refractivity contribution in [1.29, 1.82) is 0 Å². The van der Waals surface area contributed by atoms with E-state index in [0.29, 0.717) is 24.2 Å². The maximum atomic E-state index is 12.3. The van der Waals surface area contributed by atoms with Crippen LogP contribution in [0.3, 0.4) is 0 Å². The van der Waals surface area contributed by atoms with E-state index < -0.39 is 17.5 Å². The number of anilines is 2. The van der Waals surface area contributed by atoms with Crippen LogP contribution < -0.4 is 10.6 Å². The predicted molar refractivity (Wildman–Crippen MR) is 93.5 cm³/mol. The number of carboxylic acids is 1. The Bertz CT molecular complexity index is 619. The molecule has 1 aliphatic carbocycles. The first-order valence-corrected chi connectivity index (χ1v) is 8.43. The molecule has 1 saturated carbocycles. The summed E-state index contributed by atoms with van der Waals surface area (Å²) >= 11 is 0. The van der Waals surface area contributed by atoms with Gasteiger partial charge in [0.2, 0.25) is 5.91 Å². The number of ether oxygens (including phenoxy) is 1. The highest BCUT2D eigenvalue weighted by Gasteiger charge is 2.40. The minimum Gasteiger partial charge on any atom is -0.481 e. The van der Waals surface area contributed by atoms with E-state index in [1.807, 2.05) is 0 Å². The Morgan fingerprint density at radius 3 is 2.00 bits per heavy atom. The topological polar surface area (TPSA) is 105 Å². The van der Waals surface area contributed by atoms with Gasteiger partial charge in [-0.2, -0.15) is 0 Å². The van der Waals surface area contributed by atoms with Crippen LogP contribution in [0.25, 0.3) is 0 Å². The molecule has 0 bridgehead atoms. The molecule has 136 valence electrons. The van der Waals surface area contributed by atoms with Crippen molar-refractivity contribution in [1.82, 2.24) is 0 Å². The monoisotopic (exact) mass is 348 g/mol. The molecule has 0 heterocycles. The van der Waals surface area contributed by atoms with Crippen LogP contribution in [0.15, 0.2) is 24.3 Å². The minimum absolute atomic E-state index is 0.0233. The summed E-state index contributed by atoms with van der Waals surface area (Å²) in [4.78, 5) is 35.2. The first kappa shape index (κ1) is 18.8. The molecule has 0 saturated heterocycles. The number of nitrogens with one attached hydrogen (secondary N) is 2. The molecule has 0 aliphatic heterocycles. The molecule has 3 N–H and O–H groups in total. The summed E-state index contributed by atoms with van der Waals surface area (Å²) in [6.07, 6.45) is 4.20. The summed E-state index contributed by atoms with van der Waals surface area (Å²) < 4.78 is 4.50. The maximum absolute atomic E-state index is 12.3. The lowest BCUT2D eigenvalue weighted by atomic mass is 9.77. The van der Waals surface area contributed by atoms with Crippen LogP contribution in [0, 0.1) is 5.41 Å². The number of methoxy groups -OCH3 is 1. The molecule has 1 aromatic carbocycles. The number of amides is 2. The van der Waals surface area contributed by atoms with Crippen LogP contribution in [-0.4, -0.2) is 30.2 Å². The van der Waals surface area contributed by atoms with Crippen LogP contribution in [0.5, 0.6) is 0 Å². The van der Waals surface area contributed by atoms with Crippen molar-refractivity contribution in [3.05, 3.63) is 24.3 Å². The molecule has 7 nitrogen and oxygen atoms in total. The van der Waals surface area contributed by atoms with Gasteiger partial charge in [0.25, 0.3) is 0 Å². The van der Waals surface area contributed by atoms with Crippen LogP contribution >= 0.6 is 0 Å². The van der Waals surface area contributed by atoms with Gasteiger partial charge in [0, 0.05) is 17.8 Å². The van der Waals surface area contributed by atoms with E-state index in [2.05, 4.69) is 15.4 Å². The second-order valence-electron chi connectivity index (χ2n) is 6.42. The highest BCUT2D eigenvalue weighted by Crippen LogP contribution is 2.38. The molecule has 2 amide bonds. The van der Waals surface area contributed by atoms with Crippen molar-refractivity contribution in [2.45, 2.75) is 44.9 Å². The van der Waals surface area contributed by atoms with Crippen molar-refractivity contribution in [3.63, 3.8) is 0 Å². The zero-order chi connectivity index (χ0) is 18.3. The van der Waals surface area contributed by atoms with Crippen LogP contribution in [0.1, 0.15) is 44.9 Å². The number of benzene rings is 1. The van der Waals surface area contributed by atoms with Gasteiger partial charge < -0.3 is 15.2 Å². The summed E-state index contributed by atoms with van der Waals surface area (Å²) in [5.41, 5.74) is 0.123. The zero-order valence-electron chi connectivity index (χ0n) is 14.3. The summed E-state index contributed by atoms with van der Waals surface area (Å²) in [5, 5.41) is 14.9. The number of aliphatic carboxylic acids is 1. The van der Waals surface area contributed by atoms with Crippen LogP contribution in [0.2, 0.25) is 0 Å². The largest absolute Gasteiger partial charge is 0.481 e. The number of carbonyl (C=O) groups excluding carboxylic acids is 2. The molecule has 0 atom stereocenters. The van der Waals surface area contributed by atoms with Gasteiger partial charge in [0.05, 0.1) is 12.5 Å². The van der Waals surface area contributed by atoms with Gasteiger partial charge in [-0.1, -0.05) is 25.7 Å². The van der Waals surface area contributed by atoms with Gasteiger partial charge in [-0.25, -0.2) is 4.79 Å². The Labute approximate surface area is 146 Å². The smallest absolute Gasteiger partial charge is 0.411 e. The first-order valence-electron chi connectivity index (χ1n) is 8.43. The van der Waals surface area contributed by atoms with Gasteiger partial charge in [-0.05, 0) is 37.1 Å². The first-order chi connectivity index (χ1) is 11.9. The quantitative estimate of drug-likeness (QED) is 0.705. The number of hydrogen-bond acceptors (Lipinski definition) is 4. The van der Waals surface area contributed by atoms with Crippen molar-refractivity contribution in [2.75, 3.05) is 17.7 Å². The third-order valence-electron chi connectivity index (χ3n) is 4.61. The van der Waals surface area contributed by atoms with E-state index in [9.17, 15) is 19.5 Å². The Kier molecular flexibility index (Phi) is 6.38. The average molecular weight is 348 g/mol. The van der Waals surface area contributed by atoms with Gasteiger partial charge in [0.15, 0.2) is 0 Å². The lowest BCUT2D eigenvalue weighted by Gasteiger charge is -2.27. The molecule has 0 radical (unpaired) electrons. The Hall–Kier alpha value is -2.57. The third kappa shape index (κ3) is 5.20. The molecule has 0 aromatic heterocycles. The molecule has 1 aromatic rings. The summed E-state index contributed by atoms with van der Waals surface area (Å²) in [6.45, 7) is 0. The summed E-state index contributed by atoms with van der Waals surface area (Å²) in [5.74, 6) is -1.19. The van der Waals surface area contributed by atoms with E-state index in [1.54, 1.807) is 24.3 Å². The SMILES string of the molecule is COC(=O)Nc1ccc(NC(=O)CC2(C(=O)O)CCCCCC2)cc1. The van der Waals surface area contributed by atoms with Gasteiger partial charge in [0.1, 0.15) is 0 Å². The summed E-state index contributed by atoms with van der Waals surface area (Å²) in [7, 11) is 1.27. The fraction of sp³-hybridized carbons (Fsp3) is 0.500. The van der Waals surface area contributed by atoms with Crippen molar-refractivity contribution in [3.8, 4) is 0 Å².